The molecule has 1 aliphatic heterocycles. The van der Waals surface area contributed by atoms with Gasteiger partial charge in [0.1, 0.15) is 23.8 Å². The first-order chi connectivity index (χ1) is 10.3. The van der Waals surface area contributed by atoms with Gasteiger partial charge in [-0.05, 0) is 38.8 Å². The topological polar surface area (TPSA) is 52.6 Å². The third-order valence-corrected chi connectivity index (χ3v) is 3.80. The summed E-state index contributed by atoms with van der Waals surface area (Å²) in [6.07, 6.45) is 0.103. The quantitative estimate of drug-likeness (QED) is 0.634. The van der Waals surface area contributed by atoms with E-state index in [-0.39, 0.29) is 6.42 Å². The van der Waals surface area contributed by atoms with Gasteiger partial charge in [0.15, 0.2) is 0 Å². The molecule has 0 radical (unpaired) electrons. The van der Waals surface area contributed by atoms with Gasteiger partial charge in [0, 0.05) is 12.0 Å². The minimum atomic E-state index is -1.00. The number of esters is 1. The summed E-state index contributed by atoms with van der Waals surface area (Å²) in [7, 11) is 0. The molecule has 1 heterocycles. The molecule has 1 aliphatic rings. The van der Waals surface area contributed by atoms with Crippen molar-refractivity contribution in [1.29, 1.82) is 0 Å². The Kier molecular flexibility index (Phi) is 4.66. The van der Waals surface area contributed by atoms with Crippen molar-refractivity contribution < 1.29 is 23.5 Å². The lowest BCUT2D eigenvalue weighted by Gasteiger charge is -2.32. The van der Waals surface area contributed by atoms with Crippen LogP contribution in [-0.4, -0.2) is 30.6 Å². The highest BCUT2D eigenvalue weighted by atomic mass is 19.1. The van der Waals surface area contributed by atoms with Gasteiger partial charge < -0.3 is 14.3 Å². The summed E-state index contributed by atoms with van der Waals surface area (Å²) in [6, 6.07) is 6.19. The number of carbonyl (C=O) groups is 2. The number of hydrogen-bond donors (Lipinski definition) is 0. The largest absolute Gasteiger partial charge is 0.460 e. The van der Waals surface area contributed by atoms with E-state index in [0.29, 0.717) is 24.9 Å². The Balaban J connectivity index is 2.38. The number of aldehydes is 1. The zero-order valence-electron chi connectivity index (χ0n) is 13.1. The number of halogens is 1. The predicted octanol–water partition coefficient (Wildman–Crippen LogP) is 2.78. The maximum absolute atomic E-state index is 14.3. The molecule has 1 aromatic rings. The highest BCUT2D eigenvalue weighted by Crippen LogP contribution is 2.42. The van der Waals surface area contributed by atoms with Crippen LogP contribution in [0.2, 0.25) is 0 Å². The molecule has 0 aliphatic carbocycles. The first-order valence-corrected chi connectivity index (χ1v) is 7.32. The van der Waals surface area contributed by atoms with Crippen molar-refractivity contribution in [2.24, 2.45) is 0 Å². The lowest BCUT2D eigenvalue weighted by molar-refractivity contribution is -0.157. The third-order valence-electron chi connectivity index (χ3n) is 3.80. The van der Waals surface area contributed by atoms with Crippen LogP contribution in [0, 0.1) is 5.82 Å². The molecule has 0 spiro atoms. The molecular formula is C17H21FO4. The Bertz CT molecular complexity index is 564. The highest BCUT2D eigenvalue weighted by Gasteiger charge is 2.49. The average molecular weight is 308 g/mol. The van der Waals surface area contributed by atoms with E-state index in [0.717, 1.165) is 0 Å². The van der Waals surface area contributed by atoms with E-state index in [1.54, 1.807) is 39.0 Å². The van der Waals surface area contributed by atoms with Gasteiger partial charge in [0.05, 0.1) is 6.42 Å². The monoisotopic (exact) mass is 308 g/mol. The van der Waals surface area contributed by atoms with E-state index in [1.807, 2.05) is 0 Å². The van der Waals surface area contributed by atoms with Crippen LogP contribution in [0.1, 0.15) is 39.2 Å². The first kappa shape index (κ1) is 16.6. The van der Waals surface area contributed by atoms with E-state index in [9.17, 15) is 14.0 Å². The normalized spacial score (nSPS) is 25.0. The standard InChI is InChI=1S/C17H21FO4/c1-16(2,3)22-15(20)10-17(8-9-21-14(17)11-19)12-6-4-5-7-13(12)18/h4-7,11,14H,8-10H2,1-3H3/t14-,17+/m0/s1. The van der Waals surface area contributed by atoms with Crippen LogP contribution in [0.5, 0.6) is 0 Å². The van der Waals surface area contributed by atoms with Crippen LogP contribution < -0.4 is 0 Å². The molecular weight excluding hydrogens is 287 g/mol. The second kappa shape index (κ2) is 6.16. The van der Waals surface area contributed by atoms with Gasteiger partial charge in [-0.3, -0.25) is 4.79 Å². The van der Waals surface area contributed by atoms with Gasteiger partial charge in [-0.1, -0.05) is 18.2 Å². The maximum Gasteiger partial charge on any atom is 0.307 e. The Morgan fingerprint density at radius 2 is 2.14 bits per heavy atom. The molecule has 5 heteroatoms. The Morgan fingerprint density at radius 3 is 2.73 bits per heavy atom. The fourth-order valence-corrected chi connectivity index (χ4v) is 2.91. The lowest BCUT2D eigenvalue weighted by atomic mass is 9.72. The van der Waals surface area contributed by atoms with Gasteiger partial charge in [0.25, 0.3) is 0 Å². The minimum absolute atomic E-state index is 0.0887. The molecule has 2 atom stereocenters. The summed E-state index contributed by atoms with van der Waals surface area (Å²) in [5.41, 5.74) is -1.31. The van der Waals surface area contributed by atoms with Crippen LogP contribution in [0.15, 0.2) is 24.3 Å². The van der Waals surface area contributed by atoms with Crippen LogP contribution >= 0.6 is 0 Å². The van der Waals surface area contributed by atoms with Crippen LogP contribution in [0.3, 0.4) is 0 Å². The number of benzene rings is 1. The minimum Gasteiger partial charge on any atom is -0.460 e. The summed E-state index contributed by atoms with van der Waals surface area (Å²) in [6.45, 7) is 5.61. The predicted molar refractivity (Wildman–Crippen MR) is 79.0 cm³/mol. The van der Waals surface area contributed by atoms with Gasteiger partial charge in [-0.25, -0.2) is 4.39 Å². The van der Waals surface area contributed by atoms with Crippen molar-refractivity contribution >= 4 is 12.3 Å². The number of hydrogen-bond acceptors (Lipinski definition) is 4. The molecule has 0 N–H and O–H groups in total. The molecule has 0 aromatic heterocycles. The zero-order valence-corrected chi connectivity index (χ0v) is 13.1. The van der Waals surface area contributed by atoms with Crippen LogP contribution in [0.4, 0.5) is 4.39 Å². The molecule has 4 nitrogen and oxygen atoms in total. The number of carbonyl (C=O) groups excluding carboxylic acids is 2. The van der Waals surface area contributed by atoms with E-state index in [4.69, 9.17) is 9.47 Å². The summed E-state index contributed by atoms with van der Waals surface area (Å²) < 4.78 is 25.0. The van der Waals surface area contributed by atoms with Gasteiger partial charge in [-0.15, -0.1) is 0 Å². The van der Waals surface area contributed by atoms with Crippen molar-refractivity contribution in [3.05, 3.63) is 35.6 Å². The highest BCUT2D eigenvalue weighted by molar-refractivity contribution is 5.74. The lowest BCUT2D eigenvalue weighted by Crippen LogP contribution is -2.41. The third kappa shape index (κ3) is 3.35. The molecule has 22 heavy (non-hydrogen) atoms. The molecule has 2 rings (SSSR count). The molecule has 0 bridgehead atoms. The molecule has 1 saturated heterocycles. The fourth-order valence-electron chi connectivity index (χ4n) is 2.91. The maximum atomic E-state index is 14.3. The van der Waals surface area contributed by atoms with Crippen LogP contribution in [0.25, 0.3) is 0 Å². The van der Waals surface area contributed by atoms with Gasteiger partial charge >= 0.3 is 5.97 Å². The van der Waals surface area contributed by atoms with Gasteiger partial charge in [0.2, 0.25) is 0 Å². The smallest absolute Gasteiger partial charge is 0.307 e. The molecule has 0 unspecified atom stereocenters. The fraction of sp³-hybridized carbons (Fsp3) is 0.529. The molecule has 0 amide bonds. The van der Waals surface area contributed by atoms with E-state index >= 15 is 0 Å². The van der Waals surface area contributed by atoms with Crippen molar-refractivity contribution in [2.45, 2.75) is 50.7 Å². The van der Waals surface area contributed by atoms with Crippen molar-refractivity contribution in [3.8, 4) is 0 Å². The second-order valence-corrected chi connectivity index (χ2v) is 6.58. The Labute approximate surface area is 129 Å². The Hall–Kier alpha value is -1.75. The van der Waals surface area contributed by atoms with Crippen molar-refractivity contribution in [2.75, 3.05) is 6.61 Å². The molecule has 1 aromatic carbocycles. The van der Waals surface area contributed by atoms with E-state index in [2.05, 4.69) is 0 Å². The summed E-state index contributed by atoms with van der Waals surface area (Å²) in [4.78, 5) is 23.6. The SMILES string of the molecule is CC(C)(C)OC(=O)C[C@@]1(c2ccccc2F)CCO[C@H]1C=O. The number of rotatable bonds is 4. The van der Waals surface area contributed by atoms with Crippen LogP contribution in [-0.2, 0) is 24.5 Å². The molecule has 0 saturated carbocycles. The van der Waals surface area contributed by atoms with Crippen molar-refractivity contribution in [1.82, 2.24) is 0 Å². The van der Waals surface area contributed by atoms with E-state index in [1.165, 1.54) is 6.07 Å². The first-order valence-electron chi connectivity index (χ1n) is 7.32. The van der Waals surface area contributed by atoms with Gasteiger partial charge in [-0.2, -0.15) is 0 Å². The average Bonchev–Trinajstić information content (AvgIpc) is 2.80. The Morgan fingerprint density at radius 1 is 1.45 bits per heavy atom. The van der Waals surface area contributed by atoms with E-state index < -0.39 is 28.9 Å². The zero-order chi connectivity index (χ0) is 16.4. The molecule has 1 fully saturated rings. The number of ether oxygens (including phenoxy) is 2. The summed E-state index contributed by atoms with van der Waals surface area (Å²) in [5, 5.41) is 0. The second-order valence-electron chi connectivity index (χ2n) is 6.58. The summed E-state index contributed by atoms with van der Waals surface area (Å²) >= 11 is 0. The molecule has 120 valence electrons. The summed E-state index contributed by atoms with van der Waals surface area (Å²) in [5.74, 6) is -0.906. The van der Waals surface area contributed by atoms with Crippen molar-refractivity contribution in [3.63, 3.8) is 0 Å².